The number of carbonyl (C=O) groups excluding carboxylic acids is 4. The summed E-state index contributed by atoms with van der Waals surface area (Å²) in [5, 5.41) is 0. The van der Waals surface area contributed by atoms with Crippen molar-refractivity contribution in [2.24, 2.45) is 0 Å². The van der Waals surface area contributed by atoms with Gasteiger partial charge in [0.2, 0.25) is 6.10 Å². The van der Waals surface area contributed by atoms with Gasteiger partial charge >= 0.3 is 30.1 Å². The SMILES string of the molecule is CCOC(=O)c1ccc[n+]([C@@H]2O[C@H](COC(C)=O)C(OC(C)=O)[C@@H]2OC(C)=O)c1. The smallest absolute Gasteiger partial charge is 0.344 e. The van der Waals surface area contributed by atoms with Crippen LogP contribution in [0.4, 0.5) is 0 Å². The van der Waals surface area contributed by atoms with E-state index < -0.39 is 48.4 Å². The second-order valence-electron chi connectivity index (χ2n) is 6.28. The lowest BCUT2D eigenvalue weighted by Crippen LogP contribution is -2.48. The van der Waals surface area contributed by atoms with Crippen molar-refractivity contribution in [3.05, 3.63) is 30.1 Å². The van der Waals surface area contributed by atoms with Crippen molar-refractivity contribution in [1.29, 1.82) is 0 Å². The van der Waals surface area contributed by atoms with Crippen LogP contribution in [0.1, 0.15) is 44.3 Å². The summed E-state index contributed by atoms with van der Waals surface area (Å²) in [6.07, 6.45) is -0.783. The maximum absolute atomic E-state index is 12.0. The maximum Gasteiger partial charge on any atom is 0.344 e. The molecule has 0 spiro atoms. The van der Waals surface area contributed by atoms with Crippen LogP contribution in [-0.2, 0) is 38.1 Å². The van der Waals surface area contributed by atoms with E-state index in [1.165, 1.54) is 31.5 Å². The molecule has 1 aromatic heterocycles. The Morgan fingerprint density at radius 3 is 2.24 bits per heavy atom. The van der Waals surface area contributed by atoms with E-state index in [2.05, 4.69) is 0 Å². The highest BCUT2D eigenvalue weighted by Gasteiger charge is 2.54. The molecule has 158 valence electrons. The molecular formula is C19H24NO9+. The van der Waals surface area contributed by atoms with Gasteiger partial charge in [0, 0.05) is 26.8 Å². The summed E-state index contributed by atoms with van der Waals surface area (Å²) in [5.74, 6) is -2.30. The Balaban J connectivity index is 2.37. The molecule has 10 heteroatoms. The number of hydrogen-bond donors (Lipinski definition) is 0. The summed E-state index contributed by atoms with van der Waals surface area (Å²) in [4.78, 5) is 46.5. The maximum atomic E-state index is 12.0. The Labute approximate surface area is 167 Å². The van der Waals surface area contributed by atoms with Crippen molar-refractivity contribution in [1.82, 2.24) is 0 Å². The molecule has 0 saturated carbocycles. The quantitative estimate of drug-likeness (QED) is 0.359. The summed E-state index contributed by atoms with van der Waals surface area (Å²) < 4.78 is 28.0. The number of esters is 4. The van der Waals surface area contributed by atoms with Gasteiger partial charge in [-0.25, -0.2) is 4.79 Å². The molecule has 0 bridgehead atoms. The Hall–Kier alpha value is -3.01. The van der Waals surface area contributed by atoms with Crippen molar-refractivity contribution < 1.29 is 47.4 Å². The van der Waals surface area contributed by atoms with Gasteiger partial charge in [0.15, 0.2) is 18.5 Å². The fourth-order valence-corrected chi connectivity index (χ4v) is 2.92. The van der Waals surface area contributed by atoms with E-state index in [1.807, 2.05) is 0 Å². The van der Waals surface area contributed by atoms with Gasteiger partial charge in [0.25, 0.3) is 0 Å². The van der Waals surface area contributed by atoms with Crippen LogP contribution >= 0.6 is 0 Å². The first-order valence-electron chi connectivity index (χ1n) is 9.04. The molecule has 0 amide bonds. The van der Waals surface area contributed by atoms with Crippen molar-refractivity contribution in [3.63, 3.8) is 0 Å². The van der Waals surface area contributed by atoms with E-state index in [9.17, 15) is 19.2 Å². The van der Waals surface area contributed by atoms with Crippen LogP contribution in [0, 0.1) is 0 Å². The number of carbonyl (C=O) groups is 4. The normalized spacial score (nSPS) is 23.2. The van der Waals surface area contributed by atoms with Crippen LogP contribution in [0.5, 0.6) is 0 Å². The van der Waals surface area contributed by atoms with Crippen molar-refractivity contribution in [2.75, 3.05) is 13.2 Å². The van der Waals surface area contributed by atoms with Crippen LogP contribution in [0.3, 0.4) is 0 Å². The third-order valence-corrected chi connectivity index (χ3v) is 3.97. The lowest BCUT2D eigenvalue weighted by molar-refractivity contribution is -0.765. The van der Waals surface area contributed by atoms with Gasteiger partial charge < -0.3 is 23.7 Å². The standard InChI is InChI=1S/C19H24NO9/c1-5-25-19(24)14-7-6-8-20(9-14)18-17(28-13(4)23)16(27-12(3)22)15(29-18)10-26-11(2)21/h6-9,15-18H,5,10H2,1-4H3/q+1/t15-,16?,17+,18-/m1/s1. The number of aromatic nitrogens is 1. The van der Waals surface area contributed by atoms with Gasteiger partial charge in [-0.15, -0.1) is 0 Å². The summed E-state index contributed by atoms with van der Waals surface area (Å²) in [5.41, 5.74) is 0.256. The zero-order valence-electron chi connectivity index (χ0n) is 16.7. The Morgan fingerprint density at radius 1 is 1.00 bits per heavy atom. The number of rotatable bonds is 7. The van der Waals surface area contributed by atoms with E-state index in [0.717, 1.165) is 0 Å². The molecule has 1 fully saturated rings. The Bertz CT molecular complexity index is 779. The average molecular weight is 410 g/mol. The lowest BCUT2D eigenvalue weighted by Gasteiger charge is -2.21. The summed E-state index contributed by atoms with van der Waals surface area (Å²) in [7, 11) is 0. The minimum atomic E-state index is -1.03. The minimum Gasteiger partial charge on any atom is -0.463 e. The van der Waals surface area contributed by atoms with Crippen molar-refractivity contribution in [3.8, 4) is 0 Å². The van der Waals surface area contributed by atoms with Gasteiger partial charge in [-0.1, -0.05) is 0 Å². The molecule has 0 aromatic carbocycles. The zero-order valence-corrected chi connectivity index (χ0v) is 16.7. The molecule has 1 aliphatic rings. The first kappa shape index (κ1) is 22.3. The van der Waals surface area contributed by atoms with E-state index in [-0.39, 0.29) is 18.8 Å². The molecule has 0 radical (unpaired) electrons. The highest BCUT2D eigenvalue weighted by Crippen LogP contribution is 2.31. The summed E-state index contributed by atoms with van der Waals surface area (Å²) >= 11 is 0. The summed E-state index contributed by atoms with van der Waals surface area (Å²) in [6.45, 7) is 5.34. The lowest BCUT2D eigenvalue weighted by atomic mass is 10.1. The molecule has 2 rings (SSSR count). The van der Waals surface area contributed by atoms with Crippen LogP contribution in [0.2, 0.25) is 0 Å². The van der Waals surface area contributed by atoms with Crippen LogP contribution < -0.4 is 4.57 Å². The van der Waals surface area contributed by atoms with Crippen molar-refractivity contribution >= 4 is 23.9 Å². The molecule has 1 aliphatic heterocycles. The van der Waals surface area contributed by atoms with Crippen LogP contribution in [0.15, 0.2) is 24.5 Å². The predicted molar refractivity (Wildman–Crippen MR) is 94.2 cm³/mol. The van der Waals surface area contributed by atoms with Gasteiger partial charge in [-0.3, -0.25) is 14.4 Å². The van der Waals surface area contributed by atoms with Crippen LogP contribution in [0.25, 0.3) is 0 Å². The van der Waals surface area contributed by atoms with Gasteiger partial charge in [0.05, 0.1) is 6.61 Å². The molecule has 10 nitrogen and oxygen atoms in total. The predicted octanol–water partition coefficient (Wildman–Crippen LogP) is 0.475. The second kappa shape index (κ2) is 9.97. The number of nitrogens with zero attached hydrogens (tertiary/aromatic N) is 1. The molecule has 0 N–H and O–H groups in total. The van der Waals surface area contributed by atoms with E-state index in [4.69, 9.17) is 23.7 Å². The molecule has 29 heavy (non-hydrogen) atoms. The molecule has 1 saturated heterocycles. The van der Waals surface area contributed by atoms with E-state index in [0.29, 0.717) is 0 Å². The van der Waals surface area contributed by atoms with Crippen LogP contribution in [-0.4, -0.2) is 55.4 Å². The molecule has 0 aliphatic carbocycles. The highest BCUT2D eigenvalue weighted by atomic mass is 16.7. The third-order valence-electron chi connectivity index (χ3n) is 3.97. The number of hydrogen-bond acceptors (Lipinski definition) is 9. The fourth-order valence-electron chi connectivity index (χ4n) is 2.92. The molecule has 4 atom stereocenters. The largest absolute Gasteiger partial charge is 0.463 e. The second-order valence-corrected chi connectivity index (χ2v) is 6.28. The van der Waals surface area contributed by atoms with Crippen molar-refractivity contribution in [2.45, 2.75) is 52.2 Å². The van der Waals surface area contributed by atoms with Gasteiger partial charge in [0.1, 0.15) is 18.3 Å². The number of ether oxygens (including phenoxy) is 5. The molecule has 1 unspecified atom stereocenters. The zero-order chi connectivity index (χ0) is 21.6. The molecule has 1 aromatic rings. The Morgan fingerprint density at radius 2 is 1.66 bits per heavy atom. The summed E-state index contributed by atoms with van der Waals surface area (Å²) in [6, 6.07) is 3.16. The first-order chi connectivity index (χ1) is 13.7. The topological polar surface area (TPSA) is 118 Å². The minimum absolute atomic E-state index is 0.209. The molecular weight excluding hydrogens is 386 g/mol. The third kappa shape index (κ3) is 5.98. The average Bonchev–Trinajstić information content (AvgIpc) is 2.96. The molecule has 2 heterocycles. The van der Waals surface area contributed by atoms with E-state index >= 15 is 0 Å². The first-order valence-corrected chi connectivity index (χ1v) is 9.04. The van der Waals surface area contributed by atoms with Gasteiger partial charge in [-0.2, -0.15) is 4.57 Å². The fraction of sp³-hybridized carbons (Fsp3) is 0.526. The Kier molecular flexibility index (Phi) is 7.66. The van der Waals surface area contributed by atoms with Gasteiger partial charge in [-0.05, 0) is 13.0 Å². The van der Waals surface area contributed by atoms with E-state index in [1.54, 1.807) is 25.3 Å². The highest BCUT2D eigenvalue weighted by molar-refractivity contribution is 5.88. The monoisotopic (exact) mass is 410 g/mol. The number of pyridine rings is 1.